The summed E-state index contributed by atoms with van der Waals surface area (Å²) < 4.78 is 0. The fourth-order valence-corrected chi connectivity index (χ4v) is 3.87. The van der Waals surface area contributed by atoms with Crippen LogP contribution < -0.4 is 0 Å². The molecular weight excluding hydrogens is 368 g/mol. The lowest BCUT2D eigenvalue weighted by Crippen LogP contribution is -2.31. The second-order valence-corrected chi connectivity index (χ2v) is 7.37. The van der Waals surface area contributed by atoms with E-state index in [4.69, 9.17) is 4.99 Å². The molecule has 4 heteroatoms. The van der Waals surface area contributed by atoms with E-state index in [1.807, 2.05) is 48.8 Å². The molecule has 1 atom stereocenters. The summed E-state index contributed by atoms with van der Waals surface area (Å²) in [5.41, 5.74) is 4.49. The Bertz CT molecular complexity index is 1120. The molecule has 0 spiro atoms. The van der Waals surface area contributed by atoms with Crippen LogP contribution in [0.1, 0.15) is 22.7 Å². The Balaban J connectivity index is 1.46. The minimum absolute atomic E-state index is 0.204. The number of benzene rings is 3. The monoisotopic (exact) mass is 390 g/mol. The molecule has 0 aliphatic carbocycles. The lowest BCUT2D eigenvalue weighted by molar-refractivity contribution is 0.344. The first-order valence-electron chi connectivity index (χ1n) is 10.2. The zero-order valence-corrected chi connectivity index (χ0v) is 16.6. The van der Waals surface area contributed by atoms with Crippen LogP contribution in [0.3, 0.4) is 0 Å². The van der Waals surface area contributed by atoms with Gasteiger partial charge in [0.2, 0.25) is 0 Å². The number of amidine groups is 1. The van der Waals surface area contributed by atoms with E-state index in [1.165, 1.54) is 11.1 Å². The van der Waals surface area contributed by atoms with Gasteiger partial charge in [-0.3, -0.25) is 4.99 Å². The third kappa shape index (κ3) is 3.72. The van der Waals surface area contributed by atoms with E-state index in [0.29, 0.717) is 0 Å². The first kappa shape index (κ1) is 18.3. The molecule has 1 aromatic heterocycles. The van der Waals surface area contributed by atoms with Crippen molar-refractivity contribution in [3.8, 4) is 11.4 Å². The lowest BCUT2D eigenvalue weighted by atomic mass is 10.0. The first-order valence-corrected chi connectivity index (χ1v) is 10.2. The summed E-state index contributed by atoms with van der Waals surface area (Å²) in [7, 11) is 0. The molecule has 0 bridgehead atoms. The van der Waals surface area contributed by atoms with E-state index >= 15 is 0 Å². The van der Waals surface area contributed by atoms with Crippen LogP contribution in [0.4, 0.5) is 0 Å². The molecule has 2 heterocycles. The SMILES string of the molecule is c1ccc(CN2C(c3cnc(-c4ccccc4)nc3)=NCC2c2ccccc2)cc1. The van der Waals surface area contributed by atoms with Gasteiger partial charge in [0.1, 0.15) is 5.84 Å². The fraction of sp³-hybridized carbons (Fsp3) is 0.115. The molecule has 0 fully saturated rings. The van der Waals surface area contributed by atoms with E-state index in [1.54, 1.807) is 0 Å². The van der Waals surface area contributed by atoms with Crippen molar-refractivity contribution in [2.45, 2.75) is 12.6 Å². The van der Waals surface area contributed by atoms with Gasteiger partial charge >= 0.3 is 0 Å². The van der Waals surface area contributed by atoms with Gasteiger partial charge in [-0.2, -0.15) is 0 Å². The van der Waals surface area contributed by atoms with Crippen LogP contribution in [0.25, 0.3) is 11.4 Å². The Morgan fingerprint density at radius 3 is 1.97 bits per heavy atom. The Morgan fingerprint density at radius 2 is 1.30 bits per heavy atom. The highest BCUT2D eigenvalue weighted by Crippen LogP contribution is 2.30. The van der Waals surface area contributed by atoms with Crippen LogP contribution >= 0.6 is 0 Å². The predicted octanol–water partition coefficient (Wildman–Crippen LogP) is 5.15. The summed E-state index contributed by atoms with van der Waals surface area (Å²) in [4.78, 5) is 16.5. The molecule has 30 heavy (non-hydrogen) atoms. The fourth-order valence-electron chi connectivity index (χ4n) is 3.87. The van der Waals surface area contributed by atoms with Gasteiger partial charge in [-0.25, -0.2) is 9.97 Å². The average molecular weight is 390 g/mol. The second kappa shape index (κ2) is 8.29. The second-order valence-electron chi connectivity index (χ2n) is 7.37. The highest BCUT2D eigenvalue weighted by Gasteiger charge is 2.30. The Morgan fingerprint density at radius 1 is 0.700 bits per heavy atom. The van der Waals surface area contributed by atoms with Gasteiger partial charge in [-0.15, -0.1) is 0 Å². The van der Waals surface area contributed by atoms with Crippen LogP contribution in [0, 0.1) is 0 Å². The number of aliphatic imine (C=N–C) groups is 1. The minimum Gasteiger partial charge on any atom is -0.343 e. The van der Waals surface area contributed by atoms with E-state index in [0.717, 1.165) is 35.9 Å². The summed E-state index contributed by atoms with van der Waals surface area (Å²) in [5, 5.41) is 0. The predicted molar refractivity (Wildman–Crippen MR) is 120 cm³/mol. The van der Waals surface area contributed by atoms with Crippen molar-refractivity contribution in [2.24, 2.45) is 4.99 Å². The molecule has 1 aliphatic rings. The standard InChI is InChI=1S/C26H22N4/c1-4-10-20(11-5-1)19-30-24(21-12-6-2-7-13-21)18-29-26(30)23-16-27-25(28-17-23)22-14-8-3-9-15-22/h1-17,24H,18-19H2. The summed E-state index contributed by atoms with van der Waals surface area (Å²) >= 11 is 0. The van der Waals surface area contributed by atoms with Crippen LogP contribution in [-0.2, 0) is 6.54 Å². The number of hydrogen-bond donors (Lipinski definition) is 0. The van der Waals surface area contributed by atoms with Crippen molar-refractivity contribution in [1.82, 2.24) is 14.9 Å². The maximum Gasteiger partial charge on any atom is 0.159 e. The molecule has 0 radical (unpaired) electrons. The quantitative estimate of drug-likeness (QED) is 0.473. The smallest absolute Gasteiger partial charge is 0.159 e. The molecule has 4 nitrogen and oxygen atoms in total. The van der Waals surface area contributed by atoms with E-state index in [-0.39, 0.29) is 6.04 Å². The van der Waals surface area contributed by atoms with E-state index in [9.17, 15) is 0 Å². The average Bonchev–Trinajstić information content (AvgIpc) is 3.24. The Labute approximate surface area is 176 Å². The molecule has 0 amide bonds. The molecule has 4 aromatic rings. The van der Waals surface area contributed by atoms with Crippen molar-refractivity contribution >= 4 is 5.84 Å². The molecule has 3 aromatic carbocycles. The number of rotatable bonds is 5. The number of aromatic nitrogens is 2. The topological polar surface area (TPSA) is 41.4 Å². The van der Waals surface area contributed by atoms with Crippen LogP contribution in [-0.4, -0.2) is 27.2 Å². The van der Waals surface area contributed by atoms with Gasteiger partial charge in [-0.05, 0) is 11.1 Å². The van der Waals surface area contributed by atoms with Crippen LogP contribution in [0.5, 0.6) is 0 Å². The van der Waals surface area contributed by atoms with Crippen molar-refractivity contribution in [3.63, 3.8) is 0 Å². The van der Waals surface area contributed by atoms with Crippen molar-refractivity contribution < 1.29 is 0 Å². The lowest BCUT2D eigenvalue weighted by Gasteiger charge is -2.28. The summed E-state index contributed by atoms with van der Waals surface area (Å²) in [6.45, 7) is 1.52. The van der Waals surface area contributed by atoms with Crippen molar-refractivity contribution in [3.05, 3.63) is 120 Å². The normalized spacial score (nSPS) is 15.8. The largest absolute Gasteiger partial charge is 0.343 e. The molecule has 5 rings (SSSR count). The summed E-state index contributed by atoms with van der Waals surface area (Å²) in [6, 6.07) is 31.4. The summed E-state index contributed by atoms with van der Waals surface area (Å²) in [5.74, 6) is 1.68. The highest BCUT2D eigenvalue weighted by atomic mass is 15.3. The molecule has 0 saturated carbocycles. The Kier molecular flexibility index (Phi) is 5.05. The molecule has 1 aliphatic heterocycles. The van der Waals surface area contributed by atoms with Crippen molar-refractivity contribution in [2.75, 3.05) is 6.54 Å². The zero-order valence-electron chi connectivity index (χ0n) is 16.6. The third-order valence-electron chi connectivity index (χ3n) is 5.38. The van der Waals surface area contributed by atoms with Gasteiger partial charge in [0.15, 0.2) is 5.82 Å². The Hall–Kier alpha value is -3.79. The summed E-state index contributed by atoms with van der Waals surface area (Å²) in [6.07, 6.45) is 3.78. The maximum atomic E-state index is 4.91. The van der Waals surface area contributed by atoms with E-state index < -0.39 is 0 Å². The van der Waals surface area contributed by atoms with Gasteiger partial charge in [0.05, 0.1) is 18.2 Å². The van der Waals surface area contributed by atoms with Gasteiger partial charge in [0.25, 0.3) is 0 Å². The maximum absolute atomic E-state index is 4.91. The number of hydrogen-bond acceptors (Lipinski definition) is 4. The molecule has 146 valence electrons. The van der Waals surface area contributed by atoms with Crippen LogP contribution in [0.15, 0.2) is 108 Å². The van der Waals surface area contributed by atoms with E-state index in [2.05, 4.69) is 69.5 Å². The van der Waals surface area contributed by atoms with Gasteiger partial charge < -0.3 is 4.90 Å². The molecule has 0 saturated heterocycles. The van der Waals surface area contributed by atoms with Crippen LogP contribution in [0.2, 0.25) is 0 Å². The van der Waals surface area contributed by atoms with Gasteiger partial charge in [-0.1, -0.05) is 91.0 Å². The molecule has 0 N–H and O–H groups in total. The molecular formula is C26H22N4. The molecule has 1 unspecified atom stereocenters. The van der Waals surface area contributed by atoms with Gasteiger partial charge in [0, 0.05) is 24.5 Å². The third-order valence-corrected chi connectivity index (χ3v) is 5.38. The first-order chi connectivity index (χ1) is 14.9. The zero-order chi connectivity index (χ0) is 20.2. The minimum atomic E-state index is 0.204. The highest BCUT2D eigenvalue weighted by molar-refractivity contribution is 5.99. The number of nitrogens with zero attached hydrogens (tertiary/aromatic N) is 4. The van der Waals surface area contributed by atoms with Crippen molar-refractivity contribution in [1.29, 1.82) is 0 Å².